The average Bonchev–Trinajstić information content (AvgIpc) is 2.77. The fourth-order valence-corrected chi connectivity index (χ4v) is 3.49. The Morgan fingerprint density at radius 2 is 1.60 bits per heavy atom. The highest BCUT2D eigenvalue weighted by Crippen LogP contribution is 2.36. The molecule has 4 rings (SSSR count). The van der Waals surface area contributed by atoms with Gasteiger partial charge >= 0.3 is 0 Å². The number of fused-ring (bicyclic) bond motifs is 1. The number of benzene rings is 2. The van der Waals surface area contributed by atoms with Crippen molar-refractivity contribution in [1.82, 2.24) is 9.97 Å². The molecule has 0 aliphatic carbocycles. The van der Waals surface area contributed by atoms with Crippen LogP contribution in [0.5, 0.6) is 11.5 Å². The molecule has 0 amide bonds. The molecule has 0 spiro atoms. The van der Waals surface area contributed by atoms with Crippen LogP contribution in [-0.2, 0) is 0 Å². The average molecular weight is 417 g/mol. The first-order chi connectivity index (χ1) is 14.5. The van der Waals surface area contributed by atoms with E-state index in [1.54, 1.807) is 26.4 Å². The summed E-state index contributed by atoms with van der Waals surface area (Å²) in [5.74, 6) is 1.55. The molecule has 0 unspecified atom stereocenters. The van der Waals surface area contributed by atoms with Crippen molar-refractivity contribution in [2.45, 2.75) is 0 Å². The summed E-state index contributed by atoms with van der Waals surface area (Å²) in [6, 6.07) is 18.8. The summed E-state index contributed by atoms with van der Waals surface area (Å²) in [5, 5.41) is 10.8. The highest BCUT2D eigenvalue weighted by molar-refractivity contribution is 6.32. The molecule has 7 heteroatoms. The predicted molar refractivity (Wildman–Crippen MR) is 118 cm³/mol. The van der Waals surface area contributed by atoms with E-state index < -0.39 is 0 Å². The quantitative estimate of drug-likeness (QED) is 0.466. The van der Waals surface area contributed by atoms with E-state index in [1.165, 1.54) is 0 Å². The molecule has 2 aromatic carbocycles. The van der Waals surface area contributed by atoms with Gasteiger partial charge in [-0.1, -0.05) is 11.6 Å². The molecular weight excluding hydrogens is 400 g/mol. The van der Waals surface area contributed by atoms with E-state index in [9.17, 15) is 5.26 Å². The SMILES string of the molecule is COc1ccc(-c2cc(-c3cc4ccc(OC)cc4nc3Cl)c(C#N)c(N)n2)cc1. The third-order valence-corrected chi connectivity index (χ3v) is 5.10. The molecule has 2 heterocycles. The standard InChI is InChI=1S/C23H17ClN4O2/c1-29-15-6-3-13(4-7-15)21-11-17(19(12-25)23(26)28-21)18-9-14-5-8-16(30-2)10-20(14)27-22(18)24/h3-11H,1-2H3,(H2,26,28). The lowest BCUT2D eigenvalue weighted by atomic mass is 9.98. The number of rotatable bonds is 4. The Morgan fingerprint density at radius 3 is 2.27 bits per heavy atom. The lowest BCUT2D eigenvalue weighted by Gasteiger charge is -2.13. The Hall–Kier alpha value is -3.82. The van der Waals surface area contributed by atoms with Crippen LogP contribution in [-0.4, -0.2) is 24.2 Å². The van der Waals surface area contributed by atoms with Gasteiger partial charge in [0, 0.05) is 28.1 Å². The number of nitrogens with zero attached hydrogens (tertiary/aromatic N) is 3. The van der Waals surface area contributed by atoms with Gasteiger partial charge in [0.15, 0.2) is 0 Å². The number of methoxy groups -OCH3 is 2. The number of halogens is 1. The fraction of sp³-hybridized carbons (Fsp3) is 0.0870. The molecule has 2 N–H and O–H groups in total. The Kier molecular flexibility index (Phi) is 5.13. The van der Waals surface area contributed by atoms with E-state index in [-0.39, 0.29) is 16.5 Å². The Labute approximate surface area is 178 Å². The van der Waals surface area contributed by atoms with Crippen molar-refractivity contribution in [3.05, 3.63) is 65.3 Å². The maximum Gasteiger partial charge on any atom is 0.142 e. The van der Waals surface area contributed by atoms with Gasteiger partial charge in [0.1, 0.15) is 34.1 Å². The molecule has 4 aromatic rings. The molecule has 0 radical (unpaired) electrons. The van der Waals surface area contributed by atoms with Crippen LogP contribution in [0.3, 0.4) is 0 Å². The van der Waals surface area contributed by atoms with Gasteiger partial charge in [-0.05, 0) is 48.5 Å². The van der Waals surface area contributed by atoms with E-state index in [0.29, 0.717) is 28.1 Å². The second kappa shape index (κ2) is 7.90. The maximum absolute atomic E-state index is 9.70. The van der Waals surface area contributed by atoms with Crippen molar-refractivity contribution in [3.8, 4) is 40.0 Å². The van der Waals surface area contributed by atoms with Crippen LogP contribution in [0.2, 0.25) is 5.15 Å². The van der Waals surface area contributed by atoms with E-state index in [4.69, 9.17) is 26.8 Å². The number of nitrogen functional groups attached to an aromatic ring is 1. The zero-order chi connectivity index (χ0) is 21.3. The first-order valence-electron chi connectivity index (χ1n) is 9.03. The number of pyridine rings is 2. The summed E-state index contributed by atoms with van der Waals surface area (Å²) in [7, 11) is 3.20. The summed E-state index contributed by atoms with van der Waals surface area (Å²) in [6.45, 7) is 0. The second-order valence-electron chi connectivity index (χ2n) is 6.54. The van der Waals surface area contributed by atoms with Gasteiger partial charge in [-0.25, -0.2) is 9.97 Å². The minimum atomic E-state index is 0.131. The third-order valence-electron chi connectivity index (χ3n) is 4.81. The molecular formula is C23H17ClN4O2. The summed E-state index contributed by atoms with van der Waals surface area (Å²) in [4.78, 5) is 8.89. The fourth-order valence-electron chi connectivity index (χ4n) is 3.24. The molecule has 0 bridgehead atoms. The maximum atomic E-state index is 9.70. The van der Waals surface area contributed by atoms with Crippen LogP contribution in [0.15, 0.2) is 54.6 Å². The number of nitriles is 1. The minimum Gasteiger partial charge on any atom is -0.497 e. The summed E-state index contributed by atoms with van der Waals surface area (Å²) in [6.07, 6.45) is 0. The lowest BCUT2D eigenvalue weighted by molar-refractivity contribution is 0.415. The van der Waals surface area contributed by atoms with Crippen molar-refractivity contribution in [3.63, 3.8) is 0 Å². The molecule has 0 atom stereocenters. The van der Waals surface area contributed by atoms with E-state index >= 15 is 0 Å². The molecule has 0 aliphatic rings. The van der Waals surface area contributed by atoms with E-state index in [1.807, 2.05) is 42.5 Å². The third kappa shape index (κ3) is 3.47. The topological polar surface area (TPSA) is 94.0 Å². The molecule has 0 aliphatic heterocycles. The van der Waals surface area contributed by atoms with Crippen LogP contribution in [0.25, 0.3) is 33.3 Å². The van der Waals surface area contributed by atoms with Crippen molar-refractivity contribution >= 4 is 28.3 Å². The molecule has 30 heavy (non-hydrogen) atoms. The van der Waals surface area contributed by atoms with Gasteiger partial charge in [-0.3, -0.25) is 0 Å². The van der Waals surface area contributed by atoms with Gasteiger partial charge in [-0.2, -0.15) is 5.26 Å². The monoisotopic (exact) mass is 416 g/mol. The van der Waals surface area contributed by atoms with E-state index in [2.05, 4.69) is 16.0 Å². The molecule has 0 saturated carbocycles. The summed E-state index contributed by atoms with van der Waals surface area (Å²) >= 11 is 6.51. The van der Waals surface area contributed by atoms with Crippen LogP contribution < -0.4 is 15.2 Å². The van der Waals surface area contributed by atoms with Gasteiger partial charge in [0.05, 0.1) is 25.4 Å². The Bertz CT molecular complexity index is 1300. The number of hydrogen-bond acceptors (Lipinski definition) is 6. The number of hydrogen-bond donors (Lipinski definition) is 1. The van der Waals surface area contributed by atoms with Crippen molar-refractivity contribution in [2.75, 3.05) is 20.0 Å². The molecule has 0 saturated heterocycles. The first-order valence-corrected chi connectivity index (χ1v) is 9.41. The highest BCUT2D eigenvalue weighted by atomic mass is 35.5. The molecule has 148 valence electrons. The van der Waals surface area contributed by atoms with Gasteiger partial charge in [0.25, 0.3) is 0 Å². The van der Waals surface area contributed by atoms with Crippen LogP contribution >= 0.6 is 11.6 Å². The van der Waals surface area contributed by atoms with Gasteiger partial charge in [0.2, 0.25) is 0 Å². The normalized spacial score (nSPS) is 10.6. The number of aromatic nitrogens is 2. The van der Waals surface area contributed by atoms with Gasteiger partial charge < -0.3 is 15.2 Å². The Balaban J connectivity index is 1.91. The summed E-state index contributed by atoms with van der Waals surface area (Å²) in [5.41, 5.74) is 9.71. The van der Waals surface area contributed by atoms with Crippen molar-refractivity contribution in [2.24, 2.45) is 0 Å². The van der Waals surface area contributed by atoms with Gasteiger partial charge in [-0.15, -0.1) is 0 Å². The smallest absolute Gasteiger partial charge is 0.142 e. The lowest BCUT2D eigenvalue weighted by Crippen LogP contribution is -2.00. The van der Waals surface area contributed by atoms with E-state index in [0.717, 1.165) is 16.7 Å². The van der Waals surface area contributed by atoms with Crippen LogP contribution in [0.1, 0.15) is 5.56 Å². The molecule has 0 fully saturated rings. The zero-order valence-electron chi connectivity index (χ0n) is 16.3. The van der Waals surface area contributed by atoms with Crippen LogP contribution in [0.4, 0.5) is 5.82 Å². The largest absolute Gasteiger partial charge is 0.497 e. The zero-order valence-corrected chi connectivity index (χ0v) is 17.1. The number of ether oxygens (including phenoxy) is 2. The predicted octanol–water partition coefficient (Wildman–Crippen LogP) is 5.09. The minimum absolute atomic E-state index is 0.131. The number of nitrogens with two attached hydrogens (primary N) is 1. The number of anilines is 1. The molecule has 6 nitrogen and oxygen atoms in total. The Morgan fingerprint density at radius 1 is 0.900 bits per heavy atom. The highest BCUT2D eigenvalue weighted by Gasteiger charge is 2.17. The second-order valence-corrected chi connectivity index (χ2v) is 6.90. The molecule has 2 aromatic heterocycles. The van der Waals surface area contributed by atoms with Crippen molar-refractivity contribution < 1.29 is 9.47 Å². The summed E-state index contributed by atoms with van der Waals surface area (Å²) < 4.78 is 10.5. The van der Waals surface area contributed by atoms with Crippen molar-refractivity contribution in [1.29, 1.82) is 5.26 Å². The van der Waals surface area contributed by atoms with Crippen LogP contribution in [0, 0.1) is 11.3 Å². The first kappa shape index (κ1) is 19.5.